The number of carbonyl (C=O) groups is 1. The number of nitrogens with zero attached hydrogens (tertiary/aromatic N) is 1. The highest BCUT2D eigenvalue weighted by molar-refractivity contribution is 6.06. The van der Waals surface area contributed by atoms with Crippen LogP contribution in [-0.2, 0) is 4.74 Å². The predicted molar refractivity (Wildman–Crippen MR) is 92.7 cm³/mol. The van der Waals surface area contributed by atoms with Crippen LogP contribution in [0.5, 0.6) is 0 Å². The van der Waals surface area contributed by atoms with Crippen molar-refractivity contribution in [2.75, 3.05) is 6.61 Å². The van der Waals surface area contributed by atoms with E-state index in [2.05, 4.69) is 4.98 Å². The average molecular weight is 358 g/mol. The summed E-state index contributed by atoms with van der Waals surface area (Å²) in [5, 5.41) is 19.0. The average Bonchev–Trinajstić information content (AvgIpc) is 3.02. The third-order valence-electron chi connectivity index (χ3n) is 4.16. The van der Waals surface area contributed by atoms with Gasteiger partial charge in [0.05, 0.1) is 18.3 Å². The lowest BCUT2D eigenvalue weighted by atomic mass is 10.1. The molecule has 1 aromatic carbocycles. The van der Waals surface area contributed by atoms with Crippen molar-refractivity contribution in [2.45, 2.75) is 24.9 Å². The van der Waals surface area contributed by atoms with Gasteiger partial charge in [0.25, 0.3) is 5.56 Å². The molecule has 8 heteroatoms. The quantitative estimate of drug-likeness (QED) is 0.514. The Kier molecular flexibility index (Phi) is 5.27. The molecule has 1 saturated heterocycles. The molecule has 0 unspecified atom stereocenters. The number of ketones is 1. The van der Waals surface area contributed by atoms with E-state index in [0.717, 1.165) is 4.57 Å². The summed E-state index contributed by atoms with van der Waals surface area (Å²) in [6.07, 6.45) is 1.41. The van der Waals surface area contributed by atoms with Crippen LogP contribution in [0.1, 0.15) is 28.6 Å². The Bertz CT molecular complexity index is 931. The number of nitrogens with one attached hydrogen (secondary N) is 1. The van der Waals surface area contributed by atoms with E-state index >= 15 is 0 Å². The van der Waals surface area contributed by atoms with E-state index in [1.165, 1.54) is 18.3 Å². The normalized spacial score (nSPS) is 22.8. The Morgan fingerprint density at radius 1 is 1.31 bits per heavy atom. The molecule has 0 saturated carbocycles. The standard InChI is InChI=1S/C18H18N2O6/c21-10-15-14(23)8-16(26-15)20-9-12(17(24)19-18(20)25)6-7-13(22)11-4-2-1-3-5-11/h1-7,9,14-16,21,23H,8,10H2,(H,19,24,25)/b7-6+/t14-,15+,16+/m0/s1. The first-order valence-corrected chi connectivity index (χ1v) is 8.07. The van der Waals surface area contributed by atoms with Crippen LogP contribution in [0.3, 0.4) is 0 Å². The third-order valence-corrected chi connectivity index (χ3v) is 4.16. The highest BCUT2D eigenvalue weighted by atomic mass is 16.5. The van der Waals surface area contributed by atoms with Crippen molar-refractivity contribution in [2.24, 2.45) is 0 Å². The molecule has 3 rings (SSSR count). The molecule has 3 N–H and O–H groups in total. The zero-order valence-corrected chi connectivity index (χ0v) is 13.7. The molecule has 0 bridgehead atoms. The summed E-state index contributed by atoms with van der Waals surface area (Å²) in [4.78, 5) is 38.3. The molecule has 3 atom stereocenters. The molecule has 136 valence electrons. The number of aromatic nitrogens is 2. The zero-order valence-electron chi connectivity index (χ0n) is 13.7. The molecule has 0 radical (unpaired) electrons. The van der Waals surface area contributed by atoms with Gasteiger partial charge in [-0.1, -0.05) is 30.3 Å². The third kappa shape index (κ3) is 3.72. The minimum atomic E-state index is -0.914. The second kappa shape index (κ2) is 7.61. The Morgan fingerprint density at radius 3 is 2.69 bits per heavy atom. The number of aliphatic hydroxyl groups excluding tert-OH is 2. The van der Waals surface area contributed by atoms with Crippen LogP contribution < -0.4 is 11.2 Å². The van der Waals surface area contributed by atoms with Crippen molar-refractivity contribution in [3.8, 4) is 0 Å². The van der Waals surface area contributed by atoms with Gasteiger partial charge in [0.2, 0.25) is 0 Å². The molecule has 8 nitrogen and oxygen atoms in total. The Hall–Kier alpha value is -2.81. The molecule has 0 amide bonds. The first-order chi connectivity index (χ1) is 12.5. The SMILES string of the molecule is O=C(/C=C/c1cn([C@H]2C[C@H](O)[C@@H](CO)O2)c(=O)[nH]c1=O)c1ccccc1. The van der Waals surface area contributed by atoms with Gasteiger partial charge in [-0.2, -0.15) is 0 Å². The number of aliphatic hydroxyl groups is 2. The van der Waals surface area contributed by atoms with Gasteiger partial charge in [0.1, 0.15) is 12.3 Å². The summed E-state index contributed by atoms with van der Waals surface area (Å²) in [6, 6.07) is 8.56. The van der Waals surface area contributed by atoms with E-state index in [-0.39, 0.29) is 24.4 Å². The van der Waals surface area contributed by atoms with Crippen LogP contribution in [-0.4, -0.2) is 44.4 Å². The van der Waals surface area contributed by atoms with Crippen LogP contribution in [0.25, 0.3) is 6.08 Å². The maximum atomic E-state index is 12.1. The minimum Gasteiger partial charge on any atom is -0.394 e. The van der Waals surface area contributed by atoms with Gasteiger partial charge in [0, 0.05) is 18.2 Å². The van der Waals surface area contributed by atoms with Gasteiger partial charge in [-0.3, -0.25) is 19.1 Å². The number of aromatic amines is 1. The Balaban J connectivity index is 1.87. The van der Waals surface area contributed by atoms with Crippen LogP contribution in [0.2, 0.25) is 0 Å². The van der Waals surface area contributed by atoms with E-state index in [1.54, 1.807) is 30.3 Å². The lowest BCUT2D eigenvalue weighted by Gasteiger charge is -2.14. The largest absolute Gasteiger partial charge is 0.394 e. The number of ether oxygens (including phenoxy) is 1. The molecule has 0 spiro atoms. The number of carbonyl (C=O) groups excluding carboxylic acids is 1. The van der Waals surface area contributed by atoms with E-state index < -0.39 is 29.7 Å². The molecule has 1 fully saturated rings. The minimum absolute atomic E-state index is 0.0967. The van der Waals surface area contributed by atoms with Crippen LogP contribution in [0.15, 0.2) is 52.2 Å². The first-order valence-electron chi connectivity index (χ1n) is 8.07. The molecule has 1 aromatic heterocycles. The number of rotatable bonds is 5. The Labute approximate surface area is 148 Å². The van der Waals surface area contributed by atoms with E-state index in [9.17, 15) is 19.5 Å². The van der Waals surface area contributed by atoms with Gasteiger partial charge in [-0.25, -0.2) is 4.79 Å². The highest BCUT2D eigenvalue weighted by Gasteiger charge is 2.35. The second-order valence-corrected chi connectivity index (χ2v) is 5.93. The summed E-state index contributed by atoms with van der Waals surface area (Å²) in [5.74, 6) is -0.282. The lowest BCUT2D eigenvalue weighted by molar-refractivity contribution is -0.0459. The van der Waals surface area contributed by atoms with Gasteiger partial charge in [-0.15, -0.1) is 0 Å². The highest BCUT2D eigenvalue weighted by Crippen LogP contribution is 2.27. The van der Waals surface area contributed by atoms with Crippen molar-refractivity contribution in [3.63, 3.8) is 0 Å². The van der Waals surface area contributed by atoms with E-state index in [1.807, 2.05) is 0 Å². The maximum Gasteiger partial charge on any atom is 0.330 e. The van der Waals surface area contributed by atoms with Crippen molar-refractivity contribution in [1.29, 1.82) is 0 Å². The summed E-state index contributed by atoms with van der Waals surface area (Å²) in [6.45, 7) is -0.381. The van der Waals surface area contributed by atoms with Crippen LogP contribution >= 0.6 is 0 Å². The van der Waals surface area contributed by atoms with Crippen molar-refractivity contribution < 1.29 is 19.7 Å². The van der Waals surface area contributed by atoms with Crippen molar-refractivity contribution in [3.05, 3.63) is 74.6 Å². The van der Waals surface area contributed by atoms with Gasteiger partial charge >= 0.3 is 5.69 Å². The fraction of sp³-hybridized carbons (Fsp3) is 0.278. The summed E-state index contributed by atoms with van der Waals surface area (Å²) < 4.78 is 6.56. The van der Waals surface area contributed by atoms with Gasteiger partial charge in [0.15, 0.2) is 5.78 Å². The van der Waals surface area contributed by atoms with Crippen molar-refractivity contribution in [1.82, 2.24) is 9.55 Å². The summed E-state index contributed by atoms with van der Waals surface area (Å²) in [7, 11) is 0. The molecule has 1 aliphatic heterocycles. The van der Waals surface area contributed by atoms with E-state index in [4.69, 9.17) is 9.84 Å². The van der Waals surface area contributed by atoms with Crippen molar-refractivity contribution >= 4 is 11.9 Å². The number of hydrogen-bond acceptors (Lipinski definition) is 6. The van der Waals surface area contributed by atoms with Gasteiger partial charge in [-0.05, 0) is 12.2 Å². The molecule has 26 heavy (non-hydrogen) atoms. The summed E-state index contributed by atoms with van der Waals surface area (Å²) in [5.41, 5.74) is -0.765. The first kappa shape index (κ1) is 18.0. The molecule has 1 aliphatic rings. The summed E-state index contributed by atoms with van der Waals surface area (Å²) >= 11 is 0. The van der Waals surface area contributed by atoms with E-state index in [0.29, 0.717) is 5.56 Å². The number of allylic oxidation sites excluding steroid dienone is 1. The molecular weight excluding hydrogens is 340 g/mol. The predicted octanol–water partition coefficient (Wildman–Crippen LogP) is 0.0734. The van der Waals surface area contributed by atoms with Gasteiger partial charge < -0.3 is 14.9 Å². The number of hydrogen-bond donors (Lipinski definition) is 3. The second-order valence-electron chi connectivity index (χ2n) is 5.93. The zero-order chi connectivity index (χ0) is 18.7. The number of H-pyrrole nitrogens is 1. The monoisotopic (exact) mass is 358 g/mol. The maximum absolute atomic E-state index is 12.1. The lowest BCUT2D eigenvalue weighted by Crippen LogP contribution is -2.33. The fourth-order valence-corrected chi connectivity index (χ4v) is 2.75. The topological polar surface area (TPSA) is 122 Å². The molecule has 0 aliphatic carbocycles. The molecule has 2 aromatic rings. The fourth-order valence-electron chi connectivity index (χ4n) is 2.75. The van der Waals surface area contributed by atoms with Crippen LogP contribution in [0, 0.1) is 0 Å². The van der Waals surface area contributed by atoms with Crippen LogP contribution in [0.4, 0.5) is 0 Å². The molecular formula is C18H18N2O6. The number of benzene rings is 1. The Morgan fingerprint density at radius 2 is 2.04 bits per heavy atom. The molecule has 2 heterocycles. The smallest absolute Gasteiger partial charge is 0.330 e.